The van der Waals surface area contributed by atoms with Gasteiger partial charge in [0.15, 0.2) is 0 Å². The van der Waals surface area contributed by atoms with E-state index in [0.29, 0.717) is 5.69 Å². The van der Waals surface area contributed by atoms with Gasteiger partial charge in [0.1, 0.15) is 0 Å². The molecule has 0 aliphatic rings. The maximum Gasteiger partial charge on any atom is 0.413 e. The van der Waals surface area contributed by atoms with Gasteiger partial charge in [-0.1, -0.05) is 19.1 Å². The molecule has 0 radical (unpaired) electrons. The topological polar surface area (TPSA) is 101 Å². The molecular formula is C14H20N4O4. The Labute approximate surface area is 128 Å². The number of anilines is 1. The first kappa shape index (κ1) is 17.3. The number of rotatable bonds is 4. The Morgan fingerprint density at radius 2 is 1.68 bits per heavy atom. The SMILES string of the molecule is CCCNc1ccccc1N=C(NC(=O)OC)NC(=O)OC. The Morgan fingerprint density at radius 3 is 2.23 bits per heavy atom. The molecule has 0 heterocycles. The number of carbonyl (C=O) groups is 2. The van der Waals surface area contributed by atoms with Crippen molar-refractivity contribution in [2.75, 3.05) is 26.1 Å². The van der Waals surface area contributed by atoms with Gasteiger partial charge in [0.25, 0.3) is 0 Å². The van der Waals surface area contributed by atoms with Crippen molar-refractivity contribution in [3.05, 3.63) is 24.3 Å². The minimum atomic E-state index is -0.755. The highest BCUT2D eigenvalue weighted by molar-refractivity contribution is 6.02. The van der Waals surface area contributed by atoms with E-state index in [0.717, 1.165) is 18.7 Å². The average Bonchev–Trinajstić information content (AvgIpc) is 2.53. The number of ether oxygens (including phenoxy) is 2. The third-order valence-electron chi connectivity index (χ3n) is 2.51. The van der Waals surface area contributed by atoms with Gasteiger partial charge in [0.05, 0.1) is 25.6 Å². The first-order valence-corrected chi connectivity index (χ1v) is 6.72. The zero-order chi connectivity index (χ0) is 16.4. The van der Waals surface area contributed by atoms with Crippen molar-refractivity contribution >= 4 is 29.5 Å². The van der Waals surface area contributed by atoms with Gasteiger partial charge in [-0.2, -0.15) is 0 Å². The summed E-state index contributed by atoms with van der Waals surface area (Å²) in [5, 5.41) is 7.83. The maximum atomic E-state index is 11.3. The van der Waals surface area contributed by atoms with Gasteiger partial charge in [-0.05, 0) is 18.6 Å². The number of carbonyl (C=O) groups excluding carboxylic acids is 2. The van der Waals surface area contributed by atoms with Gasteiger partial charge >= 0.3 is 12.2 Å². The van der Waals surface area contributed by atoms with Crippen LogP contribution >= 0.6 is 0 Å². The van der Waals surface area contributed by atoms with Crippen molar-refractivity contribution in [3.63, 3.8) is 0 Å². The molecule has 0 unspecified atom stereocenters. The van der Waals surface area contributed by atoms with E-state index in [9.17, 15) is 9.59 Å². The van der Waals surface area contributed by atoms with E-state index in [4.69, 9.17) is 0 Å². The van der Waals surface area contributed by atoms with Gasteiger partial charge in [-0.3, -0.25) is 10.6 Å². The second-order valence-corrected chi connectivity index (χ2v) is 4.14. The summed E-state index contributed by atoms with van der Waals surface area (Å²) in [6.45, 7) is 2.82. The van der Waals surface area contributed by atoms with Crippen LogP contribution in [0.5, 0.6) is 0 Å². The van der Waals surface area contributed by atoms with Crippen LogP contribution in [0.2, 0.25) is 0 Å². The van der Waals surface area contributed by atoms with Gasteiger partial charge in [-0.25, -0.2) is 14.6 Å². The Morgan fingerprint density at radius 1 is 1.09 bits per heavy atom. The molecule has 0 aliphatic carbocycles. The van der Waals surface area contributed by atoms with Crippen LogP contribution in [0, 0.1) is 0 Å². The number of hydrogen-bond donors (Lipinski definition) is 3. The lowest BCUT2D eigenvalue weighted by Gasteiger charge is -2.11. The Balaban J connectivity index is 3.03. The van der Waals surface area contributed by atoms with Crippen LogP contribution in [0.3, 0.4) is 0 Å². The van der Waals surface area contributed by atoms with Crippen molar-refractivity contribution < 1.29 is 19.1 Å². The highest BCUT2D eigenvalue weighted by atomic mass is 16.5. The second-order valence-electron chi connectivity index (χ2n) is 4.14. The minimum Gasteiger partial charge on any atom is -0.453 e. The zero-order valence-electron chi connectivity index (χ0n) is 12.8. The molecule has 0 fully saturated rings. The fourth-order valence-corrected chi connectivity index (χ4v) is 1.48. The maximum absolute atomic E-state index is 11.3. The summed E-state index contributed by atoms with van der Waals surface area (Å²) >= 11 is 0. The zero-order valence-corrected chi connectivity index (χ0v) is 12.8. The van der Waals surface area contributed by atoms with E-state index in [1.807, 2.05) is 19.1 Å². The fraction of sp³-hybridized carbons (Fsp3) is 0.357. The van der Waals surface area contributed by atoms with Crippen LogP contribution in [-0.4, -0.2) is 38.9 Å². The third kappa shape index (κ3) is 5.70. The molecule has 0 saturated heterocycles. The number of aliphatic imine (C=N–C) groups is 1. The molecule has 0 aromatic heterocycles. The van der Waals surface area contributed by atoms with Gasteiger partial charge in [0.2, 0.25) is 5.96 Å². The Hall–Kier alpha value is -2.77. The lowest BCUT2D eigenvalue weighted by Crippen LogP contribution is -2.43. The summed E-state index contributed by atoms with van der Waals surface area (Å²) in [5.41, 5.74) is 1.33. The normalized spacial score (nSPS) is 9.41. The predicted octanol–water partition coefficient (Wildman–Crippen LogP) is 2.21. The summed E-state index contributed by atoms with van der Waals surface area (Å²) in [7, 11) is 2.42. The minimum absolute atomic E-state index is 0.0931. The van der Waals surface area contributed by atoms with Gasteiger partial charge in [0, 0.05) is 6.54 Å². The van der Waals surface area contributed by atoms with Crippen molar-refractivity contribution in [2.24, 2.45) is 4.99 Å². The lowest BCUT2D eigenvalue weighted by molar-refractivity contribution is 0.173. The quantitative estimate of drug-likeness (QED) is 0.585. The molecule has 120 valence electrons. The number of amides is 2. The predicted molar refractivity (Wildman–Crippen MR) is 83.4 cm³/mol. The Kier molecular flexibility index (Phi) is 7.24. The monoisotopic (exact) mass is 308 g/mol. The Bertz CT molecular complexity index is 525. The van der Waals surface area contributed by atoms with Crippen LogP contribution in [0.15, 0.2) is 29.3 Å². The molecular weight excluding hydrogens is 288 g/mol. The second kappa shape index (κ2) is 9.22. The molecule has 1 aromatic rings. The highest BCUT2D eigenvalue weighted by Gasteiger charge is 2.11. The molecule has 0 saturated carbocycles. The van der Waals surface area contributed by atoms with Crippen molar-refractivity contribution in [2.45, 2.75) is 13.3 Å². The fourth-order valence-electron chi connectivity index (χ4n) is 1.48. The molecule has 2 amide bonds. The smallest absolute Gasteiger partial charge is 0.413 e. The summed E-state index contributed by atoms with van der Waals surface area (Å²) in [4.78, 5) is 26.9. The van der Waals surface area contributed by atoms with Crippen LogP contribution in [0.1, 0.15) is 13.3 Å². The molecule has 0 atom stereocenters. The molecule has 0 bridgehead atoms. The van der Waals surface area contributed by atoms with Gasteiger partial charge < -0.3 is 14.8 Å². The summed E-state index contributed by atoms with van der Waals surface area (Å²) < 4.78 is 8.98. The summed E-state index contributed by atoms with van der Waals surface area (Å²) in [6, 6.07) is 7.25. The third-order valence-corrected chi connectivity index (χ3v) is 2.51. The standard InChI is InChI=1S/C14H20N4O4/c1-4-9-15-10-7-5-6-8-11(10)16-12(17-13(19)21-2)18-14(20)22-3/h5-8,15H,4,9H2,1-3H3,(H2,16,17,18,19,20). The van der Waals surface area contributed by atoms with Crippen LogP contribution < -0.4 is 16.0 Å². The summed E-state index contributed by atoms with van der Waals surface area (Å²) in [6.07, 6.45) is -0.561. The van der Waals surface area contributed by atoms with E-state index in [2.05, 4.69) is 30.4 Å². The molecule has 8 nitrogen and oxygen atoms in total. The van der Waals surface area contributed by atoms with E-state index < -0.39 is 12.2 Å². The molecule has 0 spiro atoms. The van der Waals surface area contributed by atoms with Crippen molar-refractivity contribution in [1.82, 2.24) is 10.6 Å². The van der Waals surface area contributed by atoms with Crippen LogP contribution in [0.25, 0.3) is 0 Å². The number of nitrogens with zero attached hydrogens (tertiary/aromatic N) is 1. The molecule has 3 N–H and O–H groups in total. The van der Waals surface area contributed by atoms with Crippen molar-refractivity contribution in [3.8, 4) is 0 Å². The largest absolute Gasteiger partial charge is 0.453 e. The van der Waals surface area contributed by atoms with E-state index in [1.165, 1.54) is 14.2 Å². The molecule has 8 heteroatoms. The molecule has 22 heavy (non-hydrogen) atoms. The van der Waals surface area contributed by atoms with E-state index >= 15 is 0 Å². The van der Waals surface area contributed by atoms with Gasteiger partial charge in [-0.15, -0.1) is 0 Å². The van der Waals surface area contributed by atoms with Crippen molar-refractivity contribution in [1.29, 1.82) is 0 Å². The van der Waals surface area contributed by atoms with E-state index in [-0.39, 0.29) is 5.96 Å². The molecule has 1 rings (SSSR count). The molecule has 0 aliphatic heterocycles. The summed E-state index contributed by atoms with van der Waals surface area (Å²) in [5.74, 6) is -0.0931. The number of methoxy groups -OCH3 is 2. The van der Waals surface area contributed by atoms with Crippen LogP contribution in [-0.2, 0) is 9.47 Å². The number of guanidine groups is 1. The number of nitrogens with one attached hydrogen (secondary N) is 3. The average molecular weight is 308 g/mol. The number of para-hydroxylation sites is 2. The first-order chi connectivity index (χ1) is 10.6. The number of hydrogen-bond acceptors (Lipinski definition) is 6. The van der Waals surface area contributed by atoms with E-state index in [1.54, 1.807) is 12.1 Å². The van der Waals surface area contributed by atoms with Crippen LogP contribution in [0.4, 0.5) is 21.0 Å². The molecule has 1 aromatic carbocycles. The lowest BCUT2D eigenvalue weighted by atomic mass is 10.2. The first-order valence-electron chi connectivity index (χ1n) is 6.72. The number of benzene rings is 1. The number of alkyl carbamates (subject to hydrolysis) is 2. The highest BCUT2D eigenvalue weighted by Crippen LogP contribution is 2.24.